The summed E-state index contributed by atoms with van der Waals surface area (Å²) in [6, 6.07) is 17.0. The lowest BCUT2D eigenvalue weighted by molar-refractivity contribution is 0.691. The molecule has 0 spiro atoms. The van der Waals surface area contributed by atoms with Crippen molar-refractivity contribution in [3.05, 3.63) is 65.2 Å². The first-order valence-corrected chi connectivity index (χ1v) is 6.31. The average Bonchev–Trinajstić information content (AvgIpc) is 2.42. The van der Waals surface area contributed by atoms with Crippen LogP contribution in [0.25, 0.3) is 0 Å². The molecule has 2 aromatic carbocycles. The van der Waals surface area contributed by atoms with E-state index in [1.54, 1.807) is 0 Å². The molecule has 2 rings (SSSR count). The van der Waals surface area contributed by atoms with Crippen LogP contribution in [0.15, 0.2) is 48.5 Å². The zero-order valence-corrected chi connectivity index (χ0v) is 11.0. The van der Waals surface area contributed by atoms with Crippen LogP contribution in [-0.2, 0) is 13.1 Å². The van der Waals surface area contributed by atoms with Gasteiger partial charge in [0.05, 0.1) is 0 Å². The molecule has 0 amide bonds. The molecule has 0 saturated carbocycles. The lowest BCUT2D eigenvalue weighted by Gasteiger charge is -2.08. The maximum atomic E-state index is 3.48. The Morgan fingerprint density at radius 3 is 2.28 bits per heavy atom. The van der Waals surface area contributed by atoms with Crippen LogP contribution in [0.5, 0.6) is 0 Å². The van der Waals surface area contributed by atoms with Gasteiger partial charge in [-0.15, -0.1) is 0 Å². The van der Waals surface area contributed by atoms with Crippen molar-refractivity contribution in [3.63, 3.8) is 0 Å². The Morgan fingerprint density at radius 1 is 0.889 bits per heavy atom. The number of hydrogen-bond donors (Lipinski definition) is 2. The van der Waals surface area contributed by atoms with Crippen molar-refractivity contribution < 1.29 is 0 Å². The molecule has 0 fully saturated rings. The highest BCUT2D eigenvalue weighted by Gasteiger charge is 1.97. The summed E-state index contributed by atoms with van der Waals surface area (Å²) in [5, 5.41) is 6.60. The van der Waals surface area contributed by atoms with Crippen molar-refractivity contribution in [1.82, 2.24) is 5.32 Å². The maximum Gasteiger partial charge on any atom is 0.0337 e. The van der Waals surface area contributed by atoms with Crippen LogP contribution < -0.4 is 10.6 Å². The summed E-state index contributed by atoms with van der Waals surface area (Å²) < 4.78 is 0. The van der Waals surface area contributed by atoms with Crippen molar-refractivity contribution in [2.24, 2.45) is 0 Å². The highest BCUT2D eigenvalue weighted by atomic mass is 14.8. The minimum Gasteiger partial charge on any atom is -0.388 e. The monoisotopic (exact) mass is 240 g/mol. The number of aryl methyl sites for hydroxylation is 1. The van der Waals surface area contributed by atoms with Crippen molar-refractivity contribution in [3.8, 4) is 0 Å². The second-order valence-corrected chi connectivity index (χ2v) is 4.48. The molecule has 0 aliphatic rings. The van der Waals surface area contributed by atoms with Gasteiger partial charge < -0.3 is 10.6 Å². The molecule has 0 bridgehead atoms. The van der Waals surface area contributed by atoms with E-state index in [4.69, 9.17) is 0 Å². The van der Waals surface area contributed by atoms with Gasteiger partial charge in [0.1, 0.15) is 0 Å². The Labute approximate surface area is 109 Å². The second kappa shape index (κ2) is 6.22. The molecule has 2 aromatic rings. The predicted octanol–water partition coefficient (Wildman–Crippen LogP) is 3.33. The van der Waals surface area contributed by atoms with Gasteiger partial charge in [-0.1, -0.05) is 36.4 Å². The lowest BCUT2D eigenvalue weighted by atomic mass is 10.1. The van der Waals surface area contributed by atoms with E-state index in [9.17, 15) is 0 Å². The number of hydrogen-bond acceptors (Lipinski definition) is 2. The van der Waals surface area contributed by atoms with Crippen LogP contribution in [0, 0.1) is 6.92 Å². The van der Waals surface area contributed by atoms with Gasteiger partial charge in [-0.05, 0) is 35.7 Å². The number of benzene rings is 2. The Morgan fingerprint density at radius 2 is 1.61 bits per heavy atom. The molecule has 0 saturated heterocycles. The first-order valence-electron chi connectivity index (χ1n) is 6.31. The minimum atomic E-state index is 0.901. The third-order valence-electron chi connectivity index (χ3n) is 3.15. The molecule has 2 N–H and O–H groups in total. The molecule has 94 valence electrons. The Hall–Kier alpha value is -1.80. The summed E-state index contributed by atoms with van der Waals surface area (Å²) in [6.45, 7) is 3.97. The minimum absolute atomic E-state index is 0.901. The molecule has 0 aliphatic heterocycles. The largest absolute Gasteiger partial charge is 0.388 e. The van der Waals surface area contributed by atoms with E-state index < -0.39 is 0 Å². The fraction of sp³-hybridized carbons (Fsp3) is 0.250. The third-order valence-corrected chi connectivity index (χ3v) is 3.15. The SMILES string of the molecule is CNc1ccc(CNCc2ccccc2C)cc1. The summed E-state index contributed by atoms with van der Waals surface area (Å²) in [5.74, 6) is 0. The molecule has 0 aliphatic carbocycles. The van der Waals surface area contributed by atoms with Crippen LogP contribution in [0.1, 0.15) is 16.7 Å². The van der Waals surface area contributed by atoms with E-state index >= 15 is 0 Å². The zero-order chi connectivity index (χ0) is 12.8. The molecule has 2 nitrogen and oxygen atoms in total. The molecule has 2 heteroatoms. The number of anilines is 1. The van der Waals surface area contributed by atoms with E-state index in [0.29, 0.717) is 0 Å². The van der Waals surface area contributed by atoms with E-state index in [1.807, 2.05) is 7.05 Å². The van der Waals surface area contributed by atoms with Crippen LogP contribution in [0.2, 0.25) is 0 Å². The fourth-order valence-electron chi connectivity index (χ4n) is 1.94. The maximum absolute atomic E-state index is 3.48. The van der Waals surface area contributed by atoms with Gasteiger partial charge >= 0.3 is 0 Å². The first-order chi connectivity index (χ1) is 8.79. The lowest BCUT2D eigenvalue weighted by Crippen LogP contribution is -2.13. The molecule has 0 atom stereocenters. The smallest absolute Gasteiger partial charge is 0.0337 e. The van der Waals surface area contributed by atoms with E-state index in [-0.39, 0.29) is 0 Å². The van der Waals surface area contributed by atoms with Gasteiger partial charge in [0.25, 0.3) is 0 Å². The van der Waals surface area contributed by atoms with Gasteiger partial charge in [-0.2, -0.15) is 0 Å². The predicted molar refractivity (Wildman–Crippen MR) is 77.7 cm³/mol. The quantitative estimate of drug-likeness (QED) is 0.837. The van der Waals surface area contributed by atoms with Crippen molar-refractivity contribution >= 4 is 5.69 Å². The van der Waals surface area contributed by atoms with Gasteiger partial charge in [0.15, 0.2) is 0 Å². The van der Waals surface area contributed by atoms with Crippen LogP contribution in [-0.4, -0.2) is 7.05 Å². The fourth-order valence-corrected chi connectivity index (χ4v) is 1.94. The summed E-state index contributed by atoms with van der Waals surface area (Å²) >= 11 is 0. The molecule has 0 radical (unpaired) electrons. The van der Waals surface area contributed by atoms with Crippen molar-refractivity contribution in [2.75, 3.05) is 12.4 Å². The van der Waals surface area contributed by atoms with E-state index in [2.05, 4.69) is 66.1 Å². The zero-order valence-electron chi connectivity index (χ0n) is 11.0. The van der Waals surface area contributed by atoms with Crippen molar-refractivity contribution in [1.29, 1.82) is 0 Å². The van der Waals surface area contributed by atoms with Gasteiger partial charge in [0, 0.05) is 25.8 Å². The molecular formula is C16H20N2. The average molecular weight is 240 g/mol. The van der Waals surface area contributed by atoms with Gasteiger partial charge in [0.2, 0.25) is 0 Å². The highest BCUT2D eigenvalue weighted by molar-refractivity contribution is 5.43. The second-order valence-electron chi connectivity index (χ2n) is 4.48. The normalized spacial score (nSPS) is 10.3. The Bertz CT molecular complexity index is 489. The highest BCUT2D eigenvalue weighted by Crippen LogP contribution is 2.09. The molecule has 0 unspecified atom stereocenters. The Balaban J connectivity index is 1.86. The first kappa shape index (κ1) is 12.7. The van der Waals surface area contributed by atoms with Crippen LogP contribution in [0.3, 0.4) is 0 Å². The third kappa shape index (κ3) is 3.34. The standard InChI is InChI=1S/C16H20N2/c1-13-5-3-4-6-15(13)12-18-11-14-7-9-16(17-2)10-8-14/h3-10,17-18H,11-12H2,1-2H3. The molecule has 0 heterocycles. The van der Waals surface area contributed by atoms with Crippen molar-refractivity contribution in [2.45, 2.75) is 20.0 Å². The van der Waals surface area contributed by atoms with Crippen LogP contribution >= 0.6 is 0 Å². The number of rotatable bonds is 5. The Kier molecular flexibility index (Phi) is 4.37. The number of nitrogens with one attached hydrogen (secondary N) is 2. The molecule has 18 heavy (non-hydrogen) atoms. The summed E-state index contributed by atoms with van der Waals surface area (Å²) in [5.41, 5.74) is 5.17. The summed E-state index contributed by atoms with van der Waals surface area (Å²) in [6.07, 6.45) is 0. The van der Waals surface area contributed by atoms with E-state index in [0.717, 1.165) is 18.8 Å². The van der Waals surface area contributed by atoms with E-state index in [1.165, 1.54) is 16.7 Å². The molecular weight excluding hydrogens is 220 g/mol. The molecule has 0 aromatic heterocycles. The van der Waals surface area contributed by atoms with Crippen LogP contribution in [0.4, 0.5) is 5.69 Å². The van der Waals surface area contributed by atoms with Gasteiger partial charge in [-0.3, -0.25) is 0 Å². The summed E-state index contributed by atoms with van der Waals surface area (Å²) in [7, 11) is 1.94. The summed E-state index contributed by atoms with van der Waals surface area (Å²) in [4.78, 5) is 0. The topological polar surface area (TPSA) is 24.1 Å². The van der Waals surface area contributed by atoms with Gasteiger partial charge in [-0.25, -0.2) is 0 Å².